The number of esters is 3. The molecule has 0 spiro atoms. The minimum atomic E-state index is -5.49. The molecule has 0 bridgehead atoms. The first-order chi connectivity index (χ1) is 37.7. The molecule has 1 amide bonds. The van der Waals surface area contributed by atoms with Crippen LogP contribution in [0.5, 0.6) is 0 Å². The minimum Gasteiger partial charge on any atom is -0.462 e. The third-order valence-corrected chi connectivity index (χ3v) is 15.4. The van der Waals surface area contributed by atoms with Gasteiger partial charge in [0.2, 0.25) is 5.91 Å². The molecule has 6 atom stereocenters. The number of amides is 1. The topological polar surface area (TPSA) is 232 Å². The Balaban J connectivity index is 6.12. The molecular weight excluding hydrogens is 1010 g/mol. The summed E-state index contributed by atoms with van der Waals surface area (Å²) in [5.41, 5.74) is 0. The summed E-state index contributed by atoms with van der Waals surface area (Å²) in [5.74, 6) is -2.74. The molecule has 0 aliphatic carbocycles. The number of carbonyl (C=O) groups is 5. The van der Waals surface area contributed by atoms with Crippen LogP contribution in [0.4, 0.5) is 0 Å². The van der Waals surface area contributed by atoms with Crippen LogP contribution in [0.25, 0.3) is 0 Å². The van der Waals surface area contributed by atoms with Gasteiger partial charge < -0.3 is 44.3 Å². The Morgan fingerprint density at radius 2 is 0.744 bits per heavy atom. The second-order valence-electron chi connectivity index (χ2n) is 22.4. The third-order valence-electron chi connectivity index (χ3n) is 14.9. The van der Waals surface area contributed by atoms with Gasteiger partial charge in [-0.2, -0.15) is 0 Å². The van der Waals surface area contributed by atoms with E-state index < -0.39 is 81.2 Å². The van der Waals surface area contributed by atoms with Gasteiger partial charge in [-0.3, -0.25) is 23.7 Å². The Bertz CT molecular complexity index is 1480. The molecule has 0 heterocycles. The third kappa shape index (κ3) is 47.2. The predicted octanol–water partition coefficient (Wildman–Crippen LogP) is 15.3. The standard InChI is InChI=1S/C62H118NO14P/c1-5-9-13-17-21-25-27-31-35-39-43-47-58(68)74-53(45-41-37-33-29-23-19-15-11-7-3)49-57(67)63-55(51-64)61(62(56(66)52-65)77-78(71,72)73)76-60(70)50-54(46-42-38-34-30-24-20-16-12-8-4)75-59(69)48-44-40-36-32-28-26-22-18-14-10-6-2/h51,53-56,61-62,65-66H,5-50,52H2,1-4H3,(H,63,67)(H2,71,72,73)/t53?,54?,55-,56+,61+,62+/m0/s1. The Morgan fingerprint density at radius 1 is 0.436 bits per heavy atom. The lowest BCUT2D eigenvalue weighted by Gasteiger charge is -2.33. The zero-order chi connectivity index (χ0) is 57.8. The van der Waals surface area contributed by atoms with Crippen LogP contribution in [0, 0.1) is 0 Å². The molecule has 0 aromatic heterocycles. The molecule has 5 N–H and O–H groups in total. The van der Waals surface area contributed by atoms with E-state index in [1.54, 1.807) is 0 Å². The molecule has 0 aromatic carbocycles. The van der Waals surface area contributed by atoms with E-state index in [4.69, 9.17) is 18.7 Å². The van der Waals surface area contributed by atoms with Gasteiger partial charge in [0.15, 0.2) is 6.10 Å². The van der Waals surface area contributed by atoms with Crippen LogP contribution in [-0.2, 0) is 47.3 Å². The van der Waals surface area contributed by atoms with Crippen LogP contribution >= 0.6 is 7.82 Å². The highest BCUT2D eigenvalue weighted by Crippen LogP contribution is 2.40. The Hall–Kier alpha value is -2.42. The quantitative estimate of drug-likeness (QED) is 0.0125. The SMILES string of the molecule is CCCCCCCCCCCCCC(=O)OC(CCCCCCCCCCC)CC(=O)N[C@@H](C=O)[C@@H](OC(=O)CC(CCCCCCCCCCC)OC(=O)CCCCCCCCCCCCC)[C@H](OP(=O)(O)O)[C@H](O)CO. The average Bonchev–Trinajstić information content (AvgIpc) is 3.40. The van der Waals surface area contributed by atoms with Crippen molar-refractivity contribution in [2.75, 3.05) is 6.61 Å². The van der Waals surface area contributed by atoms with Crippen LogP contribution in [0.1, 0.15) is 323 Å². The maximum absolute atomic E-state index is 13.9. The van der Waals surface area contributed by atoms with Gasteiger partial charge in [-0.1, -0.05) is 259 Å². The molecule has 0 aliphatic rings. The summed E-state index contributed by atoms with van der Waals surface area (Å²) in [4.78, 5) is 87.0. The maximum Gasteiger partial charge on any atom is 0.470 e. The number of aliphatic hydroxyl groups excluding tert-OH is 2. The molecule has 460 valence electrons. The molecule has 2 unspecified atom stereocenters. The maximum atomic E-state index is 13.9. The number of carbonyl (C=O) groups excluding carboxylic acids is 5. The average molecular weight is 1130 g/mol. The van der Waals surface area contributed by atoms with E-state index in [0.717, 1.165) is 89.9 Å². The van der Waals surface area contributed by atoms with Crippen LogP contribution in [0.2, 0.25) is 0 Å². The number of aliphatic hydroxyl groups is 2. The number of phosphoric ester groups is 1. The number of hydrogen-bond donors (Lipinski definition) is 5. The highest BCUT2D eigenvalue weighted by atomic mass is 31.2. The molecule has 0 rings (SSSR count). The van der Waals surface area contributed by atoms with E-state index in [2.05, 4.69) is 33.0 Å². The van der Waals surface area contributed by atoms with Gasteiger partial charge in [0.05, 0.1) is 19.4 Å². The van der Waals surface area contributed by atoms with Crippen LogP contribution < -0.4 is 5.32 Å². The van der Waals surface area contributed by atoms with Gasteiger partial charge in [-0.15, -0.1) is 0 Å². The minimum absolute atomic E-state index is 0.165. The number of aldehydes is 1. The Morgan fingerprint density at radius 3 is 1.05 bits per heavy atom. The lowest BCUT2D eigenvalue weighted by molar-refractivity contribution is -0.169. The van der Waals surface area contributed by atoms with E-state index in [9.17, 15) is 48.5 Å². The molecule has 0 radical (unpaired) electrons. The second-order valence-corrected chi connectivity index (χ2v) is 23.6. The summed E-state index contributed by atoms with van der Waals surface area (Å²) in [5, 5.41) is 23.3. The summed E-state index contributed by atoms with van der Waals surface area (Å²) < 4.78 is 34.7. The van der Waals surface area contributed by atoms with E-state index in [1.165, 1.54) is 141 Å². The smallest absolute Gasteiger partial charge is 0.462 e. The molecule has 0 aliphatic heterocycles. The van der Waals surface area contributed by atoms with Crippen LogP contribution in [0.15, 0.2) is 0 Å². The molecule has 15 nitrogen and oxygen atoms in total. The lowest BCUT2D eigenvalue weighted by atomic mass is 10.0. The largest absolute Gasteiger partial charge is 0.470 e. The van der Waals surface area contributed by atoms with Gasteiger partial charge in [0.1, 0.15) is 36.7 Å². The summed E-state index contributed by atoms with van der Waals surface area (Å²) in [6.45, 7) is 7.67. The molecule has 16 heteroatoms. The Labute approximate surface area is 475 Å². The van der Waals surface area contributed by atoms with Gasteiger partial charge in [0, 0.05) is 12.8 Å². The lowest BCUT2D eigenvalue weighted by Crippen LogP contribution is -2.56. The van der Waals surface area contributed by atoms with Gasteiger partial charge >= 0.3 is 25.7 Å². The molecular formula is C62H118NO14P. The fraction of sp³-hybridized carbons (Fsp3) is 0.919. The fourth-order valence-electron chi connectivity index (χ4n) is 10.1. The van der Waals surface area contributed by atoms with Crippen molar-refractivity contribution >= 4 is 37.9 Å². The van der Waals surface area contributed by atoms with Crippen LogP contribution in [-0.4, -0.2) is 93.3 Å². The van der Waals surface area contributed by atoms with E-state index in [0.29, 0.717) is 38.5 Å². The van der Waals surface area contributed by atoms with E-state index in [-0.39, 0.29) is 25.5 Å². The second kappa shape index (κ2) is 53.9. The van der Waals surface area contributed by atoms with Crippen molar-refractivity contribution in [3.8, 4) is 0 Å². The summed E-state index contributed by atoms with van der Waals surface area (Å²) in [7, 11) is -5.49. The number of unbranched alkanes of at least 4 members (excludes halogenated alkanes) is 36. The molecule has 78 heavy (non-hydrogen) atoms. The van der Waals surface area contributed by atoms with Crippen molar-refractivity contribution in [3.63, 3.8) is 0 Å². The molecule has 0 aromatic rings. The highest BCUT2D eigenvalue weighted by Gasteiger charge is 2.43. The summed E-state index contributed by atoms with van der Waals surface area (Å²) >= 11 is 0. The van der Waals surface area contributed by atoms with Gasteiger partial charge in [-0.05, 0) is 38.5 Å². The number of ether oxygens (including phenoxy) is 3. The van der Waals surface area contributed by atoms with Crippen LogP contribution in [0.3, 0.4) is 0 Å². The highest BCUT2D eigenvalue weighted by molar-refractivity contribution is 7.46. The molecule has 0 saturated carbocycles. The zero-order valence-electron chi connectivity index (χ0n) is 50.1. The Kier molecular flexibility index (Phi) is 52.2. The van der Waals surface area contributed by atoms with E-state index >= 15 is 0 Å². The number of nitrogens with one attached hydrogen (secondary N) is 1. The summed E-state index contributed by atoms with van der Waals surface area (Å²) in [6, 6.07) is -1.85. The first-order valence-electron chi connectivity index (χ1n) is 32.1. The van der Waals surface area contributed by atoms with Crippen molar-refractivity contribution < 1.29 is 67.3 Å². The monoisotopic (exact) mass is 1130 g/mol. The first-order valence-corrected chi connectivity index (χ1v) is 33.6. The fourth-order valence-corrected chi connectivity index (χ4v) is 10.7. The summed E-state index contributed by atoms with van der Waals surface area (Å²) in [6.07, 6.45) is 35.9. The van der Waals surface area contributed by atoms with Crippen molar-refractivity contribution in [3.05, 3.63) is 0 Å². The van der Waals surface area contributed by atoms with E-state index in [1.807, 2.05) is 0 Å². The number of rotatable bonds is 59. The van der Waals surface area contributed by atoms with Crippen molar-refractivity contribution in [1.29, 1.82) is 0 Å². The normalized spacial score (nSPS) is 14.1. The van der Waals surface area contributed by atoms with Crippen molar-refractivity contribution in [2.45, 2.75) is 360 Å². The van der Waals surface area contributed by atoms with Gasteiger partial charge in [-0.25, -0.2) is 4.57 Å². The van der Waals surface area contributed by atoms with Crippen molar-refractivity contribution in [2.24, 2.45) is 0 Å². The number of phosphoric acid groups is 1. The molecule has 0 saturated heterocycles. The predicted molar refractivity (Wildman–Crippen MR) is 313 cm³/mol. The van der Waals surface area contributed by atoms with Crippen molar-refractivity contribution in [1.82, 2.24) is 5.32 Å². The first kappa shape index (κ1) is 75.6. The van der Waals surface area contributed by atoms with Gasteiger partial charge in [0.25, 0.3) is 0 Å². The zero-order valence-corrected chi connectivity index (χ0v) is 51.0. The number of hydrogen-bond acceptors (Lipinski definition) is 12. The molecule has 0 fully saturated rings.